The van der Waals surface area contributed by atoms with Crippen molar-refractivity contribution >= 4 is 28.5 Å². The van der Waals surface area contributed by atoms with Crippen LogP contribution >= 0.6 is 0 Å². The quantitative estimate of drug-likeness (QED) is 0.270. The number of carbonyl (C=O) groups is 2. The minimum atomic E-state index is -0.545. The summed E-state index contributed by atoms with van der Waals surface area (Å²) in [6, 6.07) is 21.2. The first-order valence-electron chi connectivity index (χ1n) is 12.4. The summed E-state index contributed by atoms with van der Waals surface area (Å²) < 4.78 is 20.8. The van der Waals surface area contributed by atoms with Crippen LogP contribution < -0.4 is 10.6 Å². The number of benzene rings is 3. The summed E-state index contributed by atoms with van der Waals surface area (Å²) in [7, 11) is 0. The Morgan fingerprint density at radius 2 is 1.76 bits per heavy atom. The second kappa shape index (κ2) is 12.0. The fourth-order valence-corrected chi connectivity index (χ4v) is 4.05. The molecule has 5 nitrogen and oxygen atoms in total. The van der Waals surface area contributed by atoms with Crippen molar-refractivity contribution in [3.63, 3.8) is 0 Å². The molecule has 0 saturated heterocycles. The van der Waals surface area contributed by atoms with Gasteiger partial charge in [-0.3, -0.25) is 9.59 Å². The number of para-hydroxylation sites is 1. The van der Waals surface area contributed by atoms with E-state index in [-0.39, 0.29) is 17.5 Å². The number of hydrogen-bond acceptors (Lipinski definition) is 3. The molecular formula is C31H29FN2O3. The van der Waals surface area contributed by atoms with E-state index in [4.69, 9.17) is 4.42 Å². The third-order valence-electron chi connectivity index (χ3n) is 5.99. The Labute approximate surface area is 216 Å². The Hall–Kier alpha value is -4.37. The lowest BCUT2D eigenvalue weighted by molar-refractivity contribution is -0.119. The van der Waals surface area contributed by atoms with Gasteiger partial charge in [-0.1, -0.05) is 37.3 Å². The number of furan rings is 1. The summed E-state index contributed by atoms with van der Waals surface area (Å²) in [5, 5.41) is 6.43. The van der Waals surface area contributed by atoms with Gasteiger partial charge in [-0.05, 0) is 61.4 Å². The van der Waals surface area contributed by atoms with Crippen LogP contribution in [-0.2, 0) is 11.2 Å². The van der Waals surface area contributed by atoms with Crippen molar-refractivity contribution in [2.45, 2.75) is 33.1 Å². The maximum Gasteiger partial charge on any atom is 0.251 e. The zero-order valence-corrected chi connectivity index (χ0v) is 20.9. The van der Waals surface area contributed by atoms with Crippen LogP contribution in [0.1, 0.15) is 42.6 Å². The van der Waals surface area contributed by atoms with E-state index in [2.05, 4.69) is 22.5 Å². The molecule has 3 aromatic carbocycles. The number of nitrogens with one attached hydrogen (secondary N) is 2. The molecule has 0 aliphatic heterocycles. The normalized spacial score (nSPS) is 11.4. The van der Waals surface area contributed by atoms with Crippen LogP contribution in [0.3, 0.4) is 0 Å². The molecule has 0 aliphatic rings. The van der Waals surface area contributed by atoms with Crippen molar-refractivity contribution in [2.75, 3.05) is 11.9 Å². The fraction of sp³-hybridized carbons (Fsp3) is 0.226. The Balaban J connectivity index is 1.49. The number of fused-ring (bicyclic) bond motifs is 1. The minimum absolute atomic E-state index is 0.102. The van der Waals surface area contributed by atoms with E-state index in [9.17, 15) is 9.59 Å². The third-order valence-corrected chi connectivity index (χ3v) is 5.99. The van der Waals surface area contributed by atoms with Gasteiger partial charge in [0.05, 0.1) is 11.6 Å². The molecule has 0 aliphatic carbocycles. The first kappa shape index (κ1) is 25.7. The van der Waals surface area contributed by atoms with Gasteiger partial charge < -0.3 is 15.1 Å². The van der Waals surface area contributed by atoms with Crippen LogP contribution in [0.15, 0.2) is 77.2 Å². The number of hydrogen-bond donors (Lipinski definition) is 2. The van der Waals surface area contributed by atoms with Gasteiger partial charge in [0.15, 0.2) is 0 Å². The molecule has 37 heavy (non-hydrogen) atoms. The van der Waals surface area contributed by atoms with Crippen molar-refractivity contribution < 1.29 is 18.4 Å². The summed E-state index contributed by atoms with van der Waals surface area (Å²) in [4.78, 5) is 25.2. The lowest BCUT2D eigenvalue weighted by Gasteiger charge is -2.16. The summed E-state index contributed by atoms with van der Waals surface area (Å²) in [5.41, 5.74) is 2.87. The number of amides is 2. The molecule has 1 aromatic heterocycles. The number of carbonyl (C=O) groups excluding carboxylic acids is 2. The van der Waals surface area contributed by atoms with Crippen LogP contribution in [-0.4, -0.2) is 18.4 Å². The van der Waals surface area contributed by atoms with Crippen LogP contribution in [0, 0.1) is 23.6 Å². The van der Waals surface area contributed by atoms with E-state index >= 15 is 4.39 Å². The molecule has 6 heteroatoms. The number of anilines is 1. The van der Waals surface area contributed by atoms with Gasteiger partial charge in [-0.25, -0.2) is 4.39 Å². The van der Waals surface area contributed by atoms with Gasteiger partial charge in [0.25, 0.3) is 5.91 Å². The molecule has 0 fully saturated rings. The van der Waals surface area contributed by atoms with Crippen molar-refractivity contribution in [1.82, 2.24) is 5.32 Å². The average molecular weight is 497 g/mol. The number of rotatable bonds is 8. The topological polar surface area (TPSA) is 71.3 Å². The molecular weight excluding hydrogens is 467 g/mol. The highest BCUT2D eigenvalue weighted by Crippen LogP contribution is 2.30. The van der Waals surface area contributed by atoms with Crippen molar-refractivity contribution in [1.29, 1.82) is 0 Å². The first-order chi connectivity index (χ1) is 18.0. The van der Waals surface area contributed by atoms with E-state index in [1.54, 1.807) is 24.3 Å². The highest BCUT2D eigenvalue weighted by atomic mass is 19.1. The lowest BCUT2D eigenvalue weighted by Crippen LogP contribution is -2.25. The van der Waals surface area contributed by atoms with Gasteiger partial charge in [-0.15, -0.1) is 11.8 Å². The zero-order valence-electron chi connectivity index (χ0n) is 20.9. The maximum absolute atomic E-state index is 15.0. The van der Waals surface area contributed by atoms with E-state index < -0.39 is 11.7 Å². The van der Waals surface area contributed by atoms with Gasteiger partial charge >= 0.3 is 0 Å². The third kappa shape index (κ3) is 6.45. The van der Waals surface area contributed by atoms with E-state index in [1.807, 2.05) is 56.3 Å². The maximum atomic E-state index is 15.0. The van der Waals surface area contributed by atoms with Gasteiger partial charge in [-0.2, -0.15) is 0 Å². The monoisotopic (exact) mass is 496 g/mol. The van der Waals surface area contributed by atoms with Crippen LogP contribution in [0.4, 0.5) is 10.1 Å². The lowest BCUT2D eigenvalue weighted by atomic mass is 9.94. The second-order valence-electron chi connectivity index (χ2n) is 8.70. The predicted octanol–water partition coefficient (Wildman–Crippen LogP) is 6.59. The second-order valence-corrected chi connectivity index (χ2v) is 8.70. The van der Waals surface area contributed by atoms with E-state index in [0.717, 1.165) is 16.5 Å². The molecule has 2 amide bonds. The van der Waals surface area contributed by atoms with E-state index in [1.165, 1.54) is 6.07 Å². The standard InChI is InChI=1S/C31H29FN2O3/c1-3-5-6-10-25(18-21-12-14-22(15-13-21)30(35)33-4-2)31(36)34-27-17-16-24(19-26(27)32)29-20-23-9-7-8-11-28(23)37-29/h7-9,11-17,19-20,25H,3-4,10,18H2,1-2H3,(H,33,35)(H,34,36). The Morgan fingerprint density at radius 3 is 2.46 bits per heavy atom. The highest BCUT2D eigenvalue weighted by molar-refractivity contribution is 5.95. The smallest absolute Gasteiger partial charge is 0.251 e. The first-order valence-corrected chi connectivity index (χ1v) is 12.4. The summed E-state index contributed by atoms with van der Waals surface area (Å²) >= 11 is 0. The molecule has 1 heterocycles. The van der Waals surface area contributed by atoms with Gasteiger partial charge in [0, 0.05) is 35.9 Å². The SMILES string of the molecule is CCC#CCC(Cc1ccc(C(=O)NCC)cc1)C(=O)Nc1ccc(-c2cc3ccccc3o2)cc1F. The Kier molecular flexibility index (Phi) is 8.37. The molecule has 0 radical (unpaired) electrons. The Bertz CT molecular complexity index is 1430. The molecule has 0 bridgehead atoms. The van der Waals surface area contributed by atoms with E-state index in [0.29, 0.717) is 42.7 Å². The van der Waals surface area contributed by atoms with Gasteiger partial charge in [0.1, 0.15) is 17.2 Å². The van der Waals surface area contributed by atoms with Crippen molar-refractivity contribution in [3.8, 4) is 23.2 Å². The molecule has 4 rings (SSSR count). The number of halogens is 1. The van der Waals surface area contributed by atoms with Crippen LogP contribution in [0.5, 0.6) is 0 Å². The average Bonchev–Trinajstić information content (AvgIpc) is 3.34. The van der Waals surface area contributed by atoms with Crippen LogP contribution in [0.25, 0.3) is 22.3 Å². The summed E-state index contributed by atoms with van der Waals surface area (Å²) in [6.07, 6.45) is 1.45. The largest absolute Gasteiger partial charge is 0.456 e. The fourth-order valence-electron chi connectivity index (χ4n) is 4.05. The molecule has 1 unspecified atom stereocenters. The molecule has 0 saturated carbocycles. The Morgan fingerprint density at radius 1 is 0.973 bits per heavy atom. The molecule has 2 N–H and O–H groups in total. The van der Waals surface area contributed by atoms with Crippen molar-refractivity contribution in [3.05, 3.63) is 89.7 Å². The van der Waals surface area contributed by atoms with Crippen LogP contribution in [0.2, 0.25) is 0 Å². The summed E-state index contributed by atoms with van der Waals surface area (Å²) in [6.45, 7) is 4.36. The van der Waals surface area contributed by atoms with Crippen molar-refractivity contribution in [2.24, 2.45) is 5.92 Å². The summed E-state index contributed by atoms with van der Waals surface area (Å²) in [5.74, 6) is 5.12. The molecule has 1 atom stereocenters. The molecule has 4 aromatic rings. The predicted molar refractivity (Wildman–Crippen MR) is 145 cm³/mol. The molecule has 188 valence electrons. The highest BCUT2D eigenvalue weighted by Gasteiger charge is 2.20. The zero-order chi connectivity index (χ0) is 26.2. The van der Waals surface area contributed by atoms with Gasteiger partial charge in [0.2, 0.25) is 5.91 Å². The minimum Gasteiger partial charge on any atom is -0.456 e. The molecule has 0 spiro atoms.